The molecular weight excluding hydrogens is 657 g/mol. The molecule has 0 bridgehead atoms. The summed E-state index contributed by atoms with van der Waals surface area (Å²) in [5, 5.41) is 16.8. The summed E-state index contributed by atoms with van der Waals surface area (Å²) in [4.78, 5) is 15.0. The zero-order valence-corrected chi connectivity index (χ0v) is 30.8. The van der Waals surface area contributed by atoms with Crippen LogP contribution in [0, 0.1) is 5.92 Å². The number of hydrogen-bond acceptors (Lipinski definition) is 7. The number of hydrazine groups is 1. The maximum atomic E-state index is 13.3. The fourth-order valence-corrected chi connectivity index (χ4v) is 7.62. The zero-order chi connectivity index (χ0) is 36.8. The van der Waals surface area contributed by atoms with E-state index in [-0.39, 0.29) is 17.9 Å². The number of nitrogens with one attached hydrogen (secondary N) is 1. The van der Waals surface area contributed by atoms with Crippen LogP contribution < -0.4 is 5.43 Å². The van der Waals surface area contributed by atoms with Crippen molar-refractivity contribution in [2.45, 2.75) is 52.1 Å². The van der Waals surface area contributed by atoms with E-state index in [0.29, 0.717) is 18.9 Å². The quantitative estimate of drug-likeness (QED) is 0.0955. The Morgan fingerprint density at radius 1 is 0.755 bits per heavy atom. The number of esters is 1. The minimum atomic E-state index is -0.862. The number of nitrogens with zero attached hydrogens (tertiary/aromatic N) is 5. The third-order valence-corrected chi connectivity index (χ3v) is 9.88. The van der Waals surface area contributed by atoms with Crippen LogP contribution in [-0.2, 0) is 21.5 Å². The van der Waals surface area contributed by atoms with Crippen molar-refractivity contribution in [1.29, 1.82) is 0 Å². The fourth-order valence-electron chi connectivity index (χ4n) is 7.62. The van der Waals surface area contributed by atoms with Gasteiger partial charge < -0.3 is 9.75 Å². The molecule has 1 unspecified atom stereocenters. The Kier molecular flexibility index (Phi) is 10.6. The van der Waals surface area contributed by atoms with Gasteiger partial charge in [-0.2, -0.15) is 0 Å². The van der Waals surface area contributed by atoms with Gasteiger partial charge in [0.15, 0.2) is 5.54 Å². The fraction of sp³-hybridized carbons (Fsp3) is 0.244. The second kappa shape index (κ2) is 15.8. The number of hydrogen-bond donors (Lipinski definition) is 1. The van der Waals surface area contributed by atoms with Gasteiger partial charge in [0.1, 0.15) is 0 Å². The highest BCUT2D eigenvalue weighted by Gasteiger charge is 2.41. The molecule has 1 aromatic heterocycles. The van der Waals surface area contributed by atoms with Crippen molar-refractivity contribution in [2.75, 3.05) is 13.2 Å². The van der Waals surface area contributed by atoms with Gasteiger partial charge in [-0.15, -0.1) is 15.0 Å². The summed E-state index contributed by atoms with van der Waals surface area (Å²) < 4.78 is 5.55. The second-order valence-electron chi connectivity index (χ2n) is 13.7. The predicted molar refractivity (Wildman–Crippen MR) is 209 cm³/mol. The molecule has 53 heavy (non-hydrogen) atoms. The summed E-state index contributed by atoms with van der Waals surface area (Å²) in [6.07, 6.45) is 1.62. The minimum absolute atomic E-state index is 0.172. The van der Waals surface area contributed by atoms with Crippen LogP contribution in [0.1, 0.15) is 56.4 Å². The van der Waals surface area contributed by atoms with E-state index in [1.807, 2.05) is 73.7 Å². The molecule has 0 saturated carbocycles. The van der Waals surface area contributed by atoms with Crippen molar-refractivity contribution < 1.29 is 9.53 Å². The Labute approximate surface area is 312 Å². The molecule has 0 spiro atoms. The first-order valence-corrected chi connectivity index (χ1v) is 18.6. The minimum Gasteiger partial charge on any atom is -0.463 e. The lowest BCUT2D eigenvalue weighted by molar-refractivity contribution is -0.138. The van der Waals surface area contributed by atoms with Gasteiger partial charge in [0.2, 0.25) is 5.82 Å². The lowest BCUT2D eigenvalue weighted by atomic mass is 9.77. The van der Waals surface area contributed by atoms with Crippen LogP contribution in [0.4, 0.5) is 0 Å². The SMILES string of the molecule is CCCN1NC(Cc2ccc(-c3ccccc3-c3nnn(C(c4ccccc4)(c4ccccc4)c4ccccc4)n3)cc2)C(C(=O)OCC)=C1C(C)C. The molecule has 1 atom stereocenters. The average Bonchev–Trinajstić information content (AvgIpc) is 3.83. The van der Waals surface area contributed by atoms with Gasteiger partial charge in [-0.25, -0.2) is 10.2 Å². The summed E-state index contributed by atoms with van der Waals surface area (Å²) in [7, 11) is 0. The molecule has 0 amide bonds. The van der Waals surface area contributed by atoms with Gasteiger partial charge in [0.25, 0.3) is 0 Å². The number of benzene rings is 5. The average molecular weight is 703 g/mol. The van der Waals surface area contributed by atoms with Crippen LogP contribution in [-0.4, -0.2) is 50.4 Å². The molecular formula is C45H46N6O2. The Morgan fingerprint density at radius 3 is 1.83 bits per heavy atom. The van der Waals surface area contributed by atoms with Gasteiger partial charge >= 0.3 is 5.97 Å². The zero-order valence-electron chi connectivity index (χ0n) is 30.8. The summed E-state index contributed by atoms with van der Waals surface area (Å²) in [5.74, 6) is 0.477. The number of ether oxygens (including phenoxy) is 1. The summed E-state index contributed by atoms with van der Waals surface area (Å²) in [5.41, 5.74) is 11.7. The molecule has 8 nitrogen and oxygen atoms in total. The van der Waals surface area contributed by atoms with Crippen molar-refractivity contribution in [2.24, 2.45) is 5.92 Å². The van der Waals surface area contributed by atoms with Crippen molar-refractivity contribution in [1.82, 2.24) is 30.6 Å². The molecule has 0 radical (unpaired) electrons. The van der Waals surface area contributed by atoms with Crippen molar-refractivity contribution in [3.05, 3.63) is 173 Å². The topological polar surface area (TPSA) is 85.2 Å². The standard InChI is InChI=1S/C45H46N6O2/c1-5-30-50-42(32(3)4)41(44(52)53-6-2)40(47-50)31-33-26-28-34(29-27-33)38-24-16-17-25-39(38)43-46-49-51(48-43)45(35-18-10-7-11-19-35,36-20-12-8-13-21-36)37-22-14-9-15-23-37/h7-29,32,40,47H,5-6,30-31H2,1-4H3. The smallest absolute Gasteiger partial charge is 0.337 e. The van der Waals surface area contributed by atoms with Gasteiger partial charge in [-0.1, -0.05) is 160 Å². The molecule has 1 aliphatic heterocycles. The van der Waals surface area contributed by atoms with E-state index < -0.39 is 5.54 Å². The van der Waals surface area contributed by atoms with Crippen LogP contribution in [0.3, 0.4) is 0 Å². The normalized spacial score (nSPS) is 14.6. The van der Waals surface area contributed by atoms with Gasteiger partial charge in [-0.3, -0.25) is 0 Å². The van der Waals surface area contributed by atoms with Crippen molar-refractivity contribution in [3.63, 3.8) is 0 Å². The van der Waals surface area contributed by atoms with Gasteiger partial charge in [-0.05, 0) is 64.3 Å². The number of rotatable bonds is 13. The van der Waals surface area contributed by atoms with Crippen LogP contribution >= 0.6 is 0 Å². The van der Waals surface area contributed by atoms with Crippen LogP contribution in [0.25, 0.3) is 22.5 Å². The summed E-state index contributed by atoms with van der Waals surface area (Å²) >= 11 is 0. The highest BCUT2D eigenvalue weighted by atomic mass is 16.5. The molecule has 6 aromatic rings. The van der Waals surface area contributed by atoms with E-state index in [0.717, 1.165) is 63.2 Å². The molecule has 1 aliphatic rings. The highest BCUT2D eigenvalue weighted by molar-refractivity contribution is 5.91. The Hall–Kier alpha value is -5.86. The Balaban J connectivity index is 1.24. The van der Waals surface area contributed by atoms with Gasteiger partial charge in [0, 0.05) is 17.8 Å². The Morgan fingerprint density at radius 2 is 1.30 bits per heavy atom. The van der Waals surface area contributed by atoms with Gasteiger partial charge in [0.05, 0.1) is 18.2 Å². The molecule has 0 fully saturated rings. The first-order valence-electron chi connectivity index (χ1n) is 18.6. The third kappa shape index (κ3) is 6.90. The van der Waals surface area contributed by atoms with Crippen LogP contribution in [0.5, 0.6) is 0 Å². The monoisotopic (exact) mass is 702 g/mol. The molecule has 1 N–H and O–H groups in total. The summed E-state index contributed by atoms with van der Waals surface area (Å²) in [6, 6.07) is 47.7. The first-order chi connectivity index (χ1) is 25.9. The number of aromatic nitrogens is 4. The maximum absolute atomic E-state index is 13.3. The van der Waals surface area contributed by atoms with E-state index in [2.05, 4.69) is 104 Å². The van der Waals surface area contributed by atoms with Crippen LogP contribution in [0.2, 0.25) is 0 Å². The third-order valence-electron chi connectivity index (χ3n) is 9.88. The Bertz CT molecular complexity index is 2070. The molecule has 2 heterocycles. The molecule has 268 valence electrons. The second-order valence-corrected chi connectivity index (χ2v) is 13.7. The largest absolute Gasteiger partial charge is 0.463 e. The lowest BCUT2D eigenvalue weighted by Gasteiger charge is -2.34. The lowest BCUT2D eigenvalue weighted by Crippen LogP contribution is -2.40. The molecule has 0 saturated heterocycles. The molecule has 8 heteroatoms. The van der Waals surface area contributed by atoms with Crippen molar-refractivity contribution in [3.8, 4) is 22.5 Å². The van der Waals surface area contributed by atoms with E-state index in [1.165, 1.54) is 0 Å². The first kappa shape index (κ1) is 35.5. The number of tetrazole rings is 1. The highest BCUT2D eigenvalue weighted by Crippen LogP contribution is 2.40. The van der Waals surface area contributed by atoms with E-state index in [1.54, 1.807) is 4.80 Å². The summed E-state index contributed by atoms with van der Waals surface area (Å²) in [6.45, 7) is 9.43. The predicted octanol–water partition coefficient (Wildman–Crippen LogP) is 8.46. The number of carbonyl (C=O) groups is 1. The van der Waals surface area contributed by atoms with E-state index in [4.69, 9.17) is 20.1 Å². The van der Waals surface area contributed by atoms with Crippen molar-refractivity contribution >= 4 is 5.97 Å². The number of carbonyl (C=O) groups excluding carboxylic acids is 1. The molecule has 5 aromatic carbocycles. The number of allylic oxidation sites excluding steroid dienone is 1. The van der Waals surface area contributed by atoms with Crippen LogP contribution in [0.15, 0.2) is 151 Å². The van der Waals surface area contributed by atoms with E-state index in [9.17, 15) is 4.79 Å². The van der Waals surface area contributed by atoms with E-state index >= 15 is 0 Å². The maximum Gasteiger partial charge on any atom is 0.337 e. The molecule has 7 rings (SSSR count). The molecule has 0 aliphatic carbocycles.